The van der Waals surface area contributed by atoms with Gasteiger partial charge in [0.05, 0.1) is 0 Å². The largest absolute Gasteiger partial charge is 0.384 e. The molecule has 0 spiro atoms. The lowest BCUT2D eigenvalue weighted by Gasteiger charge is -2.01. The normalized spacial score (nSPS) is 12.5. The molecule has 74 valence electrons. The lowest BCUT2D eigenvalue weighted by Crippen LogP contribution is -1.94. The zero-order valence-corrected chi connectivity index (χ0v) is 10.1. The highest BCUT2D eigenvalue weighted by molar-refractivity contribution is 7.42. The third-order valence-electron chi connectivity index (χ3n) is 1.44. The minimum Gasteiger partial charge on any atom is -0.384 e. The van der Waals surface area contributed by atoms with Crippen LogP contribution in [0.2, 0.25) is 0 Å². The first-order chi connectivity index (χ1) is 5.91. The average Bonchev–Trinajstić information content (AvgIpc) is 2.10. The quantitative estimate of drug-likeness (QED) is 0.425. The number of hydrogen-bond acceptors (Lipinski definition) is 2. The first-order valence-corrected chi connectivity index (χ1v) is 7.14. The summed E-state index contributed by atoms with van der Waals surface area (Å²) in [6, 6.07) is 0. The van der Waals surface area contributed by atoms with Crippen LogP contribution in [0.4, 0.5) is 0 Å². The van der Waals surface area contributed by atoms with E-state index in [0.29, 0.717) is 0 Å². The van der Waals surface area contributed by atoms with Gasteiger partial charge >= 0.3 is 0 Å². The van der Waals surface area contributed by atoms with Crippen molar-refractivity contribution in [2.75, 3.05) is 52.1 Å². The Morgan fingerprint density at radius 1 is 0.750 bits per heavy atom. The van der Waals surface area contributed by atoms with E-state index >= 15 is 0 Å². The maximum atomic E-state index is 4.98. The van der Waals surface area contributed by atoms with Gasteiger partial charge in [-0.05, 0) is 24.6 Å². The predicted octanol–water partition coefficient (Wildman–Crippen LogP) is 1.64. The fourth-order valence-electron chi connectivity index (χ4n) is 0.775. The minimum absolute atomic E-state index is 0.930. The molecular weight excluding hydrogens is 190 g/mol. The number of rotatable bonds is 9. The summed E-state index contributed by atoms with van der Waals surface area (Å²) in [6.45, 7) is 1.86. The Labute approximate surface area is 79.4 Å². The van der Waals surface area contributed by atoms with Crippen LogP contribution in [-0.4, -0.2) is 52.1 Å². The molecular formula is C8H20O2P2. The highest BCUT2D eigenvalue weighted by Gasteiger charge is 1.89. The SMILES string of the molecule is COCCPCCPCCOC. The zero-order chi connectivity index (χ0) is 9.07. The van der Waals surface area contributed by atoms with Crippen molar-refractivity contribution in [3.8, 4) is 0 Å². The molecule has 4 heteroatoms. The fraction of sp³-hybridized carbons (Fsp3) is 1.00. The smallest absolute Gasteiger partial charge is 0.0499 e. The summed E-state index contributed by atoms with van der Waals surface area (Å²) in [7, 11) is 5.72. The van der Waals surface area contributed by atoms with Crippen molar-refractivity contribution in [2.24, 2.45) is 0 Å². The van der Waals surface area contributed by atoms with Gasteiger partial charge in [-0.1, -0.05) is 0 Å². The summed E-state index contributed by atoms with van der Waals surface area (Å²) in [5.74, 6) is 0. The van der Waals surface area contributed by atoms with Gasteiger partial charge in [0.1, 0.15) is 0 Å². The van der Waals surface area contributed by atoms with Crippen molar-refractivity contribution in [1.82, 2.24) is 0 Å². The topological polar surface area (TPSA) is 18.5 Å². The molecule has 0 aliphatic heterocycles. The Morgan fingerprint density at radius 3 is 1.50 bits per heavy atom. The van der Waals surface area contributed by atoms with E-state index in [1.54, 1.807) is 14.2 Å². The van der Waals surface area contributed by atoms with Crippen molar-refractivity contribution < 1.29 is 9.47 Å². The number of hydrogen-bond donors (Lipinski definition) is 0. The standard InChI is InChI=1S/C8H20O2P2/c1-9-3-5-11-7-8-12-6-4-10-2/h11-12H,3-8H2,1-2H3. The summed E-state index contributed by atoms with van der Waals surface area (Å²) >= 11 is 0. The number of methoxy groups -OCH3 is 2. The molecule has 0 N–H and O–H groups in total. The van der Waals surface area contributed by atoms with E-state index in [-0.39, 0.29) is 0 Å². The molecule has 2 unspecified atom stereocenters. The van der Waals surface area contributed by atoms with Crippen LogP contribution in [0.5, 0.6) is 0 Å². The van der Waals surface area contributed by atoms with E-state index in [4.69, 9.17) is 9.47 Å². The van der Waals surface area contributed by atoms with E-state index in [0.717, 1.165) is 30.4 Å². The monoisotopic (exact) mass is 210 g/mol. The molecule has 0 rings (SSSR count). The molecule has 0 aliphatic carbocycles. The summed E-state index contributed by atoms with van der Waals surface area (Å²) in [4.78, 5) is 0. The Hall–Kier alpha value is 0.780. The summed E-state index contributed by atoms with van der Waals surface area (Å²) < 4.78 is 9.95. The third kappa shape index (κ3) is 10.8. The number of ether oxygens (including phenoxy) is 2. The van der Waals surface area contributed by atoms with Crippen LogP contribution in [0.25, 0.3) is 0 Å². The average molecular weight is 210 g/mol. The molecule has 0 aromatic carbocycles. The van der Waals surface area contributed by atoms with Crippen LogP contribution in [-0.2, 0) is 9.47 Å². The lowest BCUT2D eigenvalue weighted by atomic mass is 10.9. The Balaban J connectivity index is 2.73. The second kappa shape index (κ2) is 11.8. The van der Waals surface area contributed by atoms with Gasteiger partial charge in [-0.2, -0.15) is 0 Å². The van der Waals surface area contributed by atoms with Crippen molar-refractivity contribution in [3.05, 3.63) is 0 Å². The summed E-state index contributed by atoms with van der Waals surface area (Å²) in [6.07, 6.45) is 5.24. The van der Waals surface area contributed by atoms with Gasteiger partial charge in [0, 0.05) is 27.4 Å². The minimum atomic E-state index is 0.930. The van der Waals surface area contributed by atoms with Crippen LogP contribution in [0.1, 0.15) is 0 Å². The molecule has 0 saturated carbocycles. The predicted molar refractivity (Wildman–Crippen MR) is 59.9 cm³/mol. The first-order valence-electron chi connectivity index (χ1n) is 4.31. The van der Waals surface area contributed by atoms with Crippen molar-refractivity contribution >= 4 is 17.2 Å². The maximum absolute atomic E-state index is 4.98. The molecule has 2 nitrogen and oxygen atoms in total. The molecule has 0 aromatic heterocycles. The summed E-state index contributed by atoms with van der Waals surface area (Å²) in [5.41, 5.74) is 0. The second-order valence-corrected chi connectivity index (χ2v) is 5.49. The van der Waals surface area contributed by atoms with E-state index in [1.165, 1.54) is 24.6 Å². The second-order valence-electron chi connectivity index (χ2n) is 2.49. The zero-order valence-electron chi connectivity index (χ0n) is 8.06. The molecule has 12 heavy (non-hydrogen) atoms. The molecule has 0 radical (unpaired) electrons. The molecule has 0 heterocycles. The molecule has 0 amide bonds. The van der Waals surface area contributed by atoms with Gasteiger partial charge in [0.2, 0.25) is 0 Å². The highest BCUT2D eigenvalue weighted by atomic mass is 31.1. The van der Waals surface area contributed by atoms with Gasteiger partial charge in [0.15, 0.2) is 0 Å². The van der Waals surface area contributed by atoms with Crippen LogP contribution >= 0.6 is 17.2 Å². The van der Waals surface area contributed by atoms with Crippen LogP contribution in [0, 0.1) is 0 Å². The van der Waals surface area contributed by atoms with Gasteiger partial charge in [-0.25, -0.2) is 0 Å². The molecule has 0 aromatic rings. The molecule has 0 saturated heterocycles. The third-order valence-corrected chi connectivity index (χ3v) is 4.27. The maximum Gasteiger partial charge on any atom is 0.0499 e. The molecule has 0 fully saturated rings. The Morgan fingerprint density at radius 2 is 1.17 bits per heavy atom. The van der Waals surface area contributed by atoms with Crippen LogP contribution in [0.3, 0.4) is 0 Å². The van der Waals surface area contributed by atoms with E-state index < -0.39 is 0 Å². The summed E-state index contributed by atoms with van der Waals surface area (Å²) in [5, 5.41) is 0. The van der Waals surface area contributed by atoms with E-state index in [2.05, 4.69) is 0 Å². The first kappa shape index (κ1) is 12.8. The van der Waals surface area contributed by atoms with E-state index in [1.807, 2.05) is 0 Å². The van der Waals surface area contributed by atoms with E-state index in [9.17, 15) is 0 Å². The lowest BCUT2D eigenvalue weighted by molar-refractivity contribution is 0.218. The Kier molecular flexibility index (Phi) is 12.5. The fourth-order valence-corrected chi connectivity index (χ4v) is 3.39. The van der Waals surface area contributed by atoms with Gasteiger partial charge in [-0.3, -0.25) is 0 Å². The molecule has 2 atom stereocenters. The van der Waals surface area contributed by atoms with Gasteiger partial charge in [-0.15, -0.1) is 17.2 Å². The van der Waals surface area contributed by atoms with Crippen molar-refractivity contribution in [1.29, 1.82) is 0 Å². The highest BCUT2D eigenvalue weighted by Crippen LogP contribution is 2.16. The Bertz CT molecular complexity index is 71.5. The van der Waals surface area contributed by atoms with Crippen molar-refractivity contribution in [2.45, 2.75) is 0 Å². The molecule has 0 aliphatic rings. The van der Waals surface area contributed by atoms with Crippen molar-refractivity contribution in [3.63, 3.8) is 0 Å². The van der Waals surface area contributed by atoms with Crippen LogP contribution < -0.4 is 0 Å². The van der Waals surface area contributed by atoms with Gasteiger partial charge in [0.25, 0.3) is 0 Å². The molecule has 0 bridgehead atoms. The van der Waals surface area contributed by atoms with Crippen LogP contribution in [0.15, 0.2) is 0 Å². The van der Waals surface area contributed by atoms with Gasteiger partial charge < -0.3 is 9.47 Å².